The van der Waals surface area contributed by atoms with Crippen LogP contribution in [0.5, 0.6) is 0 Å². The van der Waals surface area contributed by atoms with Crippen molar-refractivity contribution >= 4 is 22.6 Å². The van der Waals surface area contributed by atoms with E-state index in [1.807, 2.05) is 25.1 Å². The Hall–Kier alpha value is -3.48. The third-order valence-corrected chi connectivity index (χ3v) is 5.23. The van der Waals surface area contributed by atoms with Gasteiger partial charge in [0.25, 0.3) is 11.5 Å². The lowest BCUT2D eigenvalue weighted by molar-refractivity contribution is -0.132. The van der Waals surface area contributed by atoms with E-state index in [1.54, 1.807) is 46.2 Å². The first-order chi connectivity index (χ1) is 14.1. The van der Waals surface area contributed by atoms with E-state index in [9.17, 15) is 14.4 Å². The van der Waals surface area contributed by atoms with Crippen LogP contribution in [0.2, 0.25) is 0 Å². The van der Waals surface area contributed by atoms with Crippen LogP contribution in [0.3, 0.4) is 0 Å². The Balaban J connectivity index is 1.74. The number of carbonyl (C=O) groups excluding carboxylic acids is 2. The summed E-state index contributed by atoms with van der Waals surface area (Å²) in [5, 5.41) is 5.45. The molecule has 0 saturated carbocycles. The molecule has 3 aromatic rings. The second-order valence-electron chi connectivity index (χ2n) is 6.97. The van der Waals surface area contributed by atoms with Crippen LogP contribution in [0.1, 0.15) is 23.8 Å². The minimum Gasteiger partial charge on any atom is -0.339 e. The van der Waals surface area contributed by atoms with Gasteiger partial charge in [0.15, 0.2) is 5.69 Å². The average molecular weight is 390 g/mol. The van der Waals surface area contributed by atoms with Gasteiger partial charge >= 0.3 is 0 Å². The van der Waals surface area contributed by atoms with Gasteiger partial charge in [0, 0.05) is 38.0 Å². The van der Waals surface area contributed by atoms with E-state index in [-0.39, 0.29) is 23.1 Å². The molecule has 4 rings (SSSR count). The molecule has 2 aromatic carbocycles. The van der Waals surface area contributed by atoms with E-state index in [0.717, 1.165) is 0 Å². The summed E-state index contributed by atoms with van der Waals surface area (Å²) in [6.45, 7) is 3.75. The number of fused-ring (bicyclic) bond motifs is 1. The summed E-state index contributed by atoms with van der Waals surface area (Å²) in [5.74, 6) is -0.132. The Bertz CT molecular complexity index is 1120. The zero-order valence-corrected chi connectivity index (χ0v) is 16.2. The first kappa shape index (κ1) is 18.9. The molecule has 1 aromatic heterocycles. The van der Waals surface area contributed by atoms with E-state index in [0.29, 0.717) is 49.1 Å². The van der Waals surface area contributed by atoms with Gasteiger partial charge in [-0.05, 0) is 18.2 Å². The van der Waals surface area contributed by atoms with E-state index >= 15 is 0 Å². The van der Waals surface area contributed by atoms with Gasteiger partial charge in [0.1, 0.15) is 0 Å². The van der Waals surface area contributed by atoms with Crippen LogP contribution in [0.25, 0.3) is 16.5 Å². The minimum atomic E-state index is -0.262. The Labute approximate surface area is 168 Å². The maximum Gasteiger partial charge on any atom is 0.279 e. The molecule has 2 heterocycles. The smallest absolute Gasteiger partial charge is 0.279 e. The molecule has 148 valence electrons. The third kappa shape index (κ3) is 3.51. The largest absolute Gasteiger partial charge is 0.339 e. The summed E-state index contributed by atoms with van der Waals surface area (Å²) in [6.07, 6.45) is 0.460. The van der Waals surface area contributed by atoms with Crippen LogP contribution in [0.15, 0.2) is 59.4 Å². The number of rotatable bonds is 3. The molecule has 1 saturated heterocycles. The highest BCUT2D eigenvalue weighted by Crippen LogP contribution is 2.18. The van der Waals surface area contributed by atoms with Gasteiger partial charge in [-0.25, -0.2) is 0 Å². The van der Waals surface area contributed by atoms with Gasteiger partial charge in [-0.1, -0.05) is 43.3 Å². The number of hydrogen-bond acceptors (Lipinski definition) is 4. The molecule has 1 fully saturated rings. The lowest BCUT2D eigenvalue weighted by atomic mass is 10.1. The summed E-state index contributed by atoms with van der Waals surface area (Å²) < 4.78 is 1.28. The fraction of sp³-hybridized carbons (Fsp3) is 0.273. The second kappa shape index (κ2) is 7.87. The molecule has 2 amide bonds. The van der Waals surface area contributed by atoms with Crippen molar-refractivity contribution < 1.29 is 9.59 Å². The molecule has 7 nitrogen and oxygen atoms in total. The van der Waals surface area contributed by atoms with Gasteiger partial charge in [0.2, 0.25) is 5.91 Å². The zero-order valence-electron chi connectivity index (χ0n) is 16.2. The summed E-state index contributed by atoms with van der Waals surface area (Å²) >= 11 is 0. The van der Waals surface area contributed by atoms with Gasteiger partial charge in [0.05, 0.1) is 11.1 Å². The van der Waals surface area contributed by atoms with E-state index in [1.165, 1.54) is 4.68 Å². The Morgan fingerprint density at radius 3 is 2.10 bits per heavy atom. The van der Waals surface area contributed by atoms with Gasteiger partial charge in [-0.2, -0.15) is 9.78 Å². The number of benzene rings is 2. The SMILES string of the molecule is CCC(=O)N1CCN(C(=O)c2nn(-c3ccccc3)c(=O)c3ccccc23)CC1. The zero-order chi connectivity index (χ0) is 20.4. The van der Waals surface area contributed by atoms with Gasteiger partial charge in [-0.15, -0.1) is 0 Å². The first-order valence-corrected chi connectivity index (χ1v) is 9.74. The molecule has 0 N–H and O–H groups in total. The number of piperazine rings is 1. The minimum absolute atomic E-state index is 0.0956. The normalized spacial score (nSPS) is 14.2. The molecule has 0 radical (unpaired) electrons. The predicted octanol–water partition coefficient (Wildman–Crippen LogP) is 2.08. The van der Waals surface area contributed by atoms with Crippen molar-refractivity contribution in [3.05, 3.63) is 70.6 Å². The molecular formula is C22H22N4O3. The molecule has 1 aliphatic heterocycles. The molecule has 0 aliphatic carbocycles. The molecule has 7 heteroatoms. The van der Waals surface area contributed by atoms with Crippen molar-refractivity contribution in [3.63, 3.8) is 0 Å². The summed E-state index contributed by atoms with van der Waals surface area (Å²) in [6, 6.07) is 16.1. The molecule has 0 bridgehead atoms. The number of amides is 2. The van der Waals surface area contributed by atoms with E-state index in [4.69, 9.17) is 0 Å². The van der Waals surface area contributed by atoms with Crippen LogP contribution in [-0.4, -0.2) is 57.6 Å². The van der Waals surface area contributed by atoms with E-state index in [2.05, 4.69) is 5.10 Å². The topological polar surface area (TPSA) is 75.5 Å². The standard InChI is InChI=1S/C22H22N4O3/c1-2-19(27)24-12-14-25(15-13-24)22(29)20-17-10-6-7-11-18(17)21(28)26(23-20)16-8-4-3-5-9-16/h3-11H,2,12-15H2,1H3. The highest BCUT2D eigenvalue weighted by Gasteiger charge is 2.27. The quantitative estimate of drug-likeness (QED) is 0.686. The van der Waals surface area contributed by atoms with Crippen LogP contribution >= 0.6 is 0 Å². The van der Waals surface area contributed by atoms with Gasteiger partial charge in [-0.3, -0.25) is 14.4 Å². The van der Waals surface area contributed by atoms with Crippen LogP contribution in [-0.2, 0) is 4.79 Å². The number of hydrogen-bond donors (Lipinski definition) is 0. The fourth-order valence-corrected chi connectivity index (χ4v) is 3.62. The highest BCUT2D eigenvalue weighted by atomic mass is 16.2. The predicted molar refractivity (Wildman–Crippen MR) is 110 cm³/mol. The van der Waals surface area contributed by atoms with Crippen LogP contribution < -0.4 is 5.56 Å². The number of para-hydroxylation sites is 1. The summed E-state index contributed by atoms with van der Waals surface area (Å²) in [5.41, 5.74) is 0.594. The van der Waals surface area contributed by atoms with Crippen molar-refractivity contribution in [1.82, 2.24) is 19.6 Å². The van der Waals surface area contributed by atoms with Gasteiger partial charge < -0.3 is 9.80 Å². The third-order valence-electron chi connectivity index (χ3n) is 5.23. The second-order valence-corrected chi connectivity index (χ2v) is 6.97. The summed E-state index contributed by atoms with van der Waals surface area (Å²) in [4.78, 5) is 41.6. The Morgan fingerprint density at radius 2 is 1.45 bits per heavy atom. The lowest BCUT2D eigenvalue weighted by Gasteiger charge is -2.34. The van der Waals surface area contributed by atoms with Crippen molar-refractivity contribution in [1.29, 1.82) is 0 Å². The average Bonchev–Trinajstić information content (AvgIpc) is 2.79. The first-order valence-electron chi connectivity index (χ1n) is 9.74. The molecule has 29 heavy (non-hydrogen) atoms. The molecule has 0 unspecified atom stereocenters. The highest BCUT2D eigenvalue weighted by molar-refractivity contribution is 6.05. The van der Waals surface area contributed by atoms with Crippen LogP contribution in [0, 0.1) is 0 Å². The molecular weight excluding hydrogens is 368 g/mol. The van der Waals surface area contributed by atoms with Crippen LogP contribution in [0.4, 0.5) is 0 Å². The number of carbonyl (C=O) groups is 2. The number of aromatic nitrogens is 2. The summed E-state index contributed by atoms with van der Waals surface area (Å²) in [7, 11) is 0. The maximum absolute atomic E-state index is 13.3. The lowest BCUT2D eigenvalue weighted by Crippen LogP contribution is -2.50. The number of nitrogens with zero attached hydrogens (tertiary/aromatic N) is 4. The Morgan fingerprint density at radius 1 is 0.862 bits per heavy atom. The van der Waals surface area contributed by atoms with Crippen molar-refractivity contribution in [2.75, 3.05) is 26.2 Å². The van der Waals surface area contributed by atoms with Crippen molar-refractivity contribution in [2.45, 2.75) is 13.3 Å². The molecule has 0 spiro atoms. The van der Waals surface area contributed by atoms with Crippen molar-refractivity contribution in [2.24, 2.45) is 0 Å². The van der Waals surface area contributed by atoms with E-state index < -0.39 is 0 Å². The molecule has 1 aliphatic rings. The Kier molecular flexibility index (Phi) is 5.12. The van der Waals surface area contributed by atoms with Crippen molar-refractivity contribution in [3.8, 4) is 5.69 Å². The molecule has 0 atom stereocenters. The fourth-order valence-electron chi connectivity index (χ4n) is 3.62. The maximum atomic E-state index is 13.3. The monoisotopic (exact) mass is 390 g/mol.